The van der Waals surface area contributed by atoms with E-state index in [0.29, 0.717) is 17.6 Å². The number of rotatable bonds is 8. The Labute approximate surface area is 249 Å². The van der Waals surface area contributed by atoms with E-state index in [1.54, 1.807) is 30.5 Å². The molecule has 4 N–H and O–H groups in total. The largest absolute Gasteiger partial charge is 0.338 e. The van der Waals surface area contributed by atoms with Crippen LogP contribution in [0.4, 0.5) is 5.69 Å². The van der Waals surface area contributed by atoms with Crippen molar-refractivity contribution in [1.29, 1.82) is 0 Å². The van der Waals surface area contributed by atoms with Gasteiger partial charge in [-0.2, -0.15) is 0 Å². The Morgan fingerprint density at radius 1 is 1.05 bits per heavy atom. The van der Waals surface area contributed by atoms with E-state index < -0.39 is 27.8 Å². The zero-order chi connectivity index (χ0) is 27.9. The molecule has 0 aliphatic rings. The predicted octanol–water partition coefficient (Wildman–Crippen LogP) is 5.98. The number of nitrogens with one attached hydrogen (secondary N) is 2. The van der Waals surface area contributed by atoms with E-state index in [4.69, 9.17) is 52.8 Å². The Bertz CT molecular complexity index is 1310. The van der Waals surface area contributed by atoms with Gasteiger partial charge in [-0.25, -0.2) is 0 Å². The highest BCUT2D eigenvalue weighted by Gasteiger charge is 2.37. The number of thiocarbonyl (C=S) groups is 1. The monoisotopic (exact) mass is 607 g/mol. The molecule has 7 nitrogen and oxygen atoms in total. The van der Waals surface area contributed by atoms with Crippen molar-refractivity contribution in [3.05, 3.63) is 78.5 Å². The molecule has 2 amide bonds. The lowest BCUT2D eigenvalue weighted by Gasteiger charge is -2.32. The number of aromatic nitrogens is 1. The van der Waals surface area contributed by atoms with Crippen LogP contribution in [0.2, 0.25) is 0 Å². The number of fused-ring (bicyclic) bond motifs is 1. The molecule has 0 bridgehead atoms. The fourth-order valence-corrected chi connectivity index (χ4v) is 4.32. The van der Waals surface area contributed by atoms with Crippen molar-refractivity contribution in [3.63, 3.8) is 0 Å². The molecule has 208 valence electrons. The second-order valence-corrected chi connectivity index (χ2v) is 11.7. The van der Waals surface area contributed by atoms with E-state index >= 15 is 0 Å². The number of pyridine rings is 1. The number of nitrogens with two attached hydrogens (primary N) is 1. The average Bonchev–Trinajstić information content (AvgIpc) is 2.87. The van der Waals surface area contributed by atoms with Crippen molar-refractivity contribution >= 4 is 86.6 Å². The predicted molar refractivity (Wildman–Crippen MR) is 167 cm³/mol. The van der Waals surface area contributed by atoms with Crippen molar-refractivity contribution < 1.29 is 9.59 Å². The van der Waals surface area contributed by atoms with Gasteiger partial charge in [0.25, 0.3) is 0 Å². The van der Waals surface area contributed by atoms with Crippen LogP contribution in [0.25, 0.3) is 17.0 Å². The summed E-state index contributed by atoms with van der Waals surface area (Å²) in [6, 6.07) is 17.4. The minimum atomic E-state index is -2.02. The molecule has 2 aromatic carbocycles. The number of alkyl halides is 3. The summed E-state index contributed by atoms with van der Waals surface area (Å²) in [7, 11) is 0. The number of halogens is 3. The number of benzene rings is 2. The maximum absolute atomic E-state index is 13.6. The summed E-state index contributed by atoms with van der Waals surface area (Å²) < 4.78 is -2.02. The first kappa shape index (κ1) is 32.5. The smallest absolute Gasteiger partial charge is 0.250 e. The number of anilines is 1. The van der Waals surface area contributed by atoms with E-state index in [1.807, 2.05) is 56.3 Å². The van der Waals surface area contributed by atoms with Crippen LogP contribution in [0.15, 0.2) is 72.9 Å². The van der Waals surface area contributed by atoms with E-state index in [-0.39, 0.29) is 18.5 Å². The fraction of sp³-hybridized carbons (Fsp3) is 0.286. The second-order valence-electron chi connectivity index (χ2n) is 8.94. The van der Waals surface area contributed by atoms with Gasteiger partial charge in [-0.05, 0) is 48.3 Å². The van der Waals surface area contributed by atoms with Crippen molar-refractivity contribution in [2.75, 3.05) is 4.90 Å². The molecule has 3 rings (SSSR count). The number of hydrogen-bond acceptors (Lipinski definition) is 5. The molecule has 11 heteroatoms. The Morgan fingerprint density at radius 3 is 2.36 bits per heavy atom. The van der Waals surface area contributed by atoms with Gasteiger partial charge < -0.3 is 16.4 Å². The molecule has 1 unspecified atom stereocenters. The minimum Gasteiger partial charge on any atom is -0.338 e. The van der Waals surface area contributed by atoms with Crippen LogP contribution in [0.1, 0.15) is 33.3 Å². The van der Waals surface area contributed by atoms with Gasteiger partial charge in [-0.3, -0.25) is 19.5 Å². The Hall–Kier alpha value is -2.75. The molecule has 39 heavy (non-hydrogen) atoms. The SMILES string of the molecule is C.CC(C)C[C@H](N)C(=O)N(C(=S)NC(NC(=O)/C=C/c1ccccc1)C(Cl)(Cl)Cl)c1cccc2cccnc12. The van der Waals surface area contributed by atoms with Crippen LogP contribution in [-0.4, -0.2) is 37.9 Å². The first-order chi connectivity index (χ1) is 18.0. The molecule has 0 spiro atoms. The van der Waals surface area contributed by atoms with Gasteiger partial charge in [0.05, 0.1) is 17.2 Å². The van der Waals surface area contributed by atoms with Gasteiger partial charge in [0.15, 0.2) is 5.11 Å². The standard InChI is InChI=1S/C27H28Cl3N5O2S.CH4/c1-17(2)16-20(31)24(37)35(21-12-6-10-19-11-7-15-32-23(19)21)26(38)34-25(27(28,29)30)33-22(36)14-13-18-8-4-3-5-9-18;/h3-15,17,20,25H,16,31H2,1-2H3,(H,33,36)(H,34,38);1H4/b14-13+;/t20-,25?;/m0./s1. The van der Waals surface area contributed by atoms with Gasteiger partial charge in [0.2, 0.25) is 15.6 Å². The van der Waals surface area contributed by atoms with E-state index in [2.05, 4.69) is 15.6 Å². The van der Waals surface area contributed by atoms with E-state index in [9.17, 15) is 9.59 Å². The van der Waals surface area contributed by atoms with Gasteiger partial charge in [0.1, 0.15) is 6.17 Å². The molecule has 0 aliphatic heterocycles. The molecule has 0 aliphatic carbocycles. The number of carbonyl (C=O) groups is 2. The summed E-state index contributed by atoms with van der Waals surface area (Å²) in [6.07, 6.45) is 3.67. The normalized spacial score (nSPS) is 13.0. The average molecular weight is 609 g/mol. The van der Waals surface area contributed by atoms with Crippen molar-refractivity contribution in [1.82, 2.24) is 15.6 Å². The highest BCUT2D eigenvalue weighted by molar-refractivity contribution is 7.80. The van der Waals surface area contributed by atoms with Gasteiger partial charge in [-0.15, -0.1) is 0 Å². The third-order valence-corrected chi connectivity index (χ3v) is 6.38. The van der Waals surface area contributed by atoms with Gasteiger partial charge in [-0.1, -0.05) is 105 Å². The van der Waals surface area contributed by atoms with Crippen LogP contribution in [0, 0.1) is 5.92 Å². The molecule has 1 aromatic heterocycles. The maximum Gasteiger partial charge on any atom is 0.250 e. The highest BCUT2D eigenvalue weighted by Crippen LogP contribution is 2.31. The summed E-state index contributed by atoms with van der Waals surface area (Å²) in [4.78, 5) is 32.0. The summed E-state index contributed by atoms with van der Waals surface area (Å²) in [5.74, 6) is -0.845. The first-order valence-electron chi connectivity index (χ1n) is 11.8. The Balaban J connectivity index is 0.00000533. The molecule has 0 saturated carbocycles. The van der Waals surface area contributed by atoms with Crippen LogP contribution in [0.3, 0.4) is 0 Å². The molecule has 2 atom stereocenters. The first-order valence-corrected chi connectivity index (χ1v) is 13.4. The molecule has 0 fully saturated rings. The number of carbonyl (C=O) groups excluding carboxylic acids is 2. The lowest BCUT2D eigenvalue weighted by molar-refractivity contribution is -0.119. The number of amides is 2. The molecule has 0 saturated heterocycles. The zero-order valence-electron chi connectivity index (χ0n) is 20.8. The molecular weight excluding hydrogens is 577 g/mol. The van der Waals surface area contributed by atoms with Crippen molar-refractivity contribution in [3.8, 4) is 0 Å². The summed E-state index contributed by atoms with van der Waals surface area (Å²) in [6.45, 7) is 3.93. The molecular formula is C28H32Cl3N5O2S. The third-order valence-electron chi connectivity index (χ3n) is 5.43. The van der Waals surface area contributed by atoms with Gasteiger partial charge in [0, 0.05) is 17.7 Å². The quantitative estimate of drug-likeness (QED) is 0.126. The lowest BCUT2D eigenvalue weighted by atomic mass is 10.0. The topological polar surface area (TPSA) is 100 Å². The van der Waals surface area contributed by atoms with E-state index in [0.717, 1.165) is 10.9 Å². The summed E-state index contributed by atoms with van der Waals surface area (Å²) in [5, 5.41) is 6.10. The van der Waals surface area contributed by atoms with Crippen LogP contribution in [-0.2, 0) is 9.59 Å². The van der Waals surface area contributed by atoms with Crippen molar-refractivity contribution in [2.45, 2.75) is 43.7 Å². The molecule has 1 heterocycles. The third kappa shape index (κ3) is 9.15. The lowest BCUT2D eigenvalue weighted by Crippen LogP contribution is -2.60. The summed E-state index contributed by atoms with van der Waals surface area (Å²) >= 11 is 24.2. The fourth-order valence-electron chi connectivity index (χ4n) is 3.69. The Kier molecular flexibility index (Phi) is 12.1. The van der Waals surface area contributed by atoms with Crippen LogP contribution >= 0.6 is 47.0 Å². The van der Waals surface area contributed by atoms with Crippen molar-refractivity contribution in [2.24, 2.45) is 11.7 Å². The minimum absolute atomic E-state index is 0. The van der Waals surface area contributed by atoms with Crippen LogP contribution in [0.5, 0.6) is 0 Å². The number of para-hydroxylation sites is 1. The zero-order valence-corrected chi connectivity index (χ0v) is 23.9. The second kappa shape index (κ2) is 14.6. The number of nitrogens with zero attached hydrogens (tertiary/aromatic N) is 2. The molecule has 0 radical (unpaired) electrons. The summed E-state index contributed by atoms with van der Waals surface area (Å²) in [5.41, 5.74) is 8.03. The molecule has 3 aromatic rings. The van der Waals surface area contributed by atoms with Crippen LogP contribution < -0.4 is 21.3 Å². The maximum atomic E-state index is 13.6. The Morgan fingerprint density at radius 2 is 1.72 bits per heavy atom. The highest BCUT2D eigenvalue weighted by atomic mass is 35.6. The van der Waals surface area contributed by atoms with Gasteiger partial charge >= 0.3 is 0 Å². The number of hydrogen-bond donors (Lipinski definition) is 3. The van der Waals surface area contributed by atoms with E-state index in [1.165, 1.54) is 11.0 Å².